The number of halogens is 3. The van der Waals surface area contributed by atoms with E-state index >= 15 is 0 Å². The van der Waals surface area contributed by atoms with Gasteiger partial charge in [0.1, 0.15) is 11.7 Å². The van der Waals surface area contributed by atoms with Crippen molar-refractivity contribution >= 4 is 5.78 Å². The fraction of sp³-hybridized carbons (Fsp3) is 0.700. The first-order chi connectivity index (χ1) is 6.46. The Kier molecular flexibility index (Phi) is 3.96. The normalized spacial score (nSPS) is 14.8. The molecule has 0 bridgehead atoms. The fourth-order valence-electron chi connectivity index (χ4n) is 0.914. The first kappa shape index (κ1) is 14.0. The van der Waals surface area contributed by atoms with Crippen LogP contribution < -0.4 is 0 Å². The predicted molar refractivity (Wildman–Crippen MR) is 50.4 cm³/mol. The molecule has 0 aromatic heterocycles. The Morgan fingerprint density at radius 1 is 1.33 bits per heavy atom. The molecule has 0 aliphatic rings. The SMILES string of the molecule is C=C(O)C(CC(=O)C(C)(C)C)C(F)(F)F. The highest BCUT2D eigenvalue weighted by molar-refractivity contribution is 5.84. The van der Waals surface area contributed by atoms with E-state index in [-0.39, 0.29) is 0 Å². The summed E-state index contributed by atoms with van der Waals surface area (Å²) in [7, 11) is 0. The van der Waals surface area contributed by atoms with Crippen LogP contribution in [0.4, 0.5) is 13.2 Å². The van der Waals surface area contributed by atoms with Crippen LogP contribution in [0.5, 0.6) is 0 Å². The predicted octanol–water partition coefficient (Wildman–Crippen LogP) is 3.24. The third-order valence-electron chi connectivity index (χ3n) is 2.02. The number of aliphatic hydroxyl groups is 1. The van der Waals surface area contributed by atoms with Crippen molar-refractivity contribution in [3.05, 3.63) is 12.3 Å². The summed E-state index contributed by atoms with van der Waals surface area (Å²) in [5, 5.41) is 8.80. The smallest absolute Gasteiger partial charge is 0.399 e. The molecule has 0 aliphatic heterocycles. The molecule has 1 unspecified atom stereocenters. The number of Topliss-reactive ketones (excluding diaryl/α,β-unsaturated/α-hetero) is 1. The summed E-state index contributed by atoms with van der Waals surface area (Å²) in [6.45, 7) is 7.43. The molecular weight excluding hydrogens is 209 g/mol. The number of hydrogen-bond acceptors (Lipinski definition) is 2. The number of carbonyl (C=O) groups is 1. The van der Waals surface area contributed by atoms with Crippen LogP contribution in [0.1, 0.15) is 27.2 Å². The molecule has 0 spiro atoms. The van der Waals surface area contributed by atoms with E-state index in [4.69, 9.17) is 5.11 Å². The summed E-state index contributed by atoms with van der Waals surface area (Å²) in [6, 6.07) is 0. The molecule has 0 amide bonds. The average molecular weight is 224 g/mol. The van der Waals surface area contributed by atoms with Crippen LogP contribution in [-0.4, -0.2) is 17.1 Å². The van der Waals surface area contributed by atoms with Crippen molar-refractivity contribution in [1.82, 2.24) is 0 Å². The number of rotatable bonds is 3. The quantitative estimate of drug-likeness (QED) is 0.747. The van der Waals surface area contributed by atoms with E-state index in [2.05, 4.69) is 6.58 Å². The molecule has 0 fully saturated rings. The summed E-state index contributed by atoms with van der Waals surface area (Å²) < 4.78 is 37.0. The lowest BCUT2D eigenvalue weighted by Crippen LogP contribution is -2.31. The van der Waals surface area contributed by atoms with Gasteiger partial charge in [0.25, 0.3) is 0 Å². The molecular formula is C10H15F3O2. The Bertz CT molecular complexity index is 261. The summed E-state index contributed by atoms with van der Waals surface area (Å²) in [6.07, 6.45) is -5.39. The molecule has 88 valence electrons. The van der Waals surface area contributed by atoms with Gasteiger partial charge in [-0.25, -0.2) is 0 Å². The van der Waals surface area contributed by atoms with E-state index in [0.29, 0.717) is 0 Å². The maximum Gasteiger partial charge on any atom is 0.399 e. The van der Waals surface area contributed by atoms with Gasteiger partial charge in [0.15, 0.2) is 0 Å². The minimum Gasteiger partial charge on any atom is -0.512 e. The molecule has 0 rings (SSSR count). The second-order valence-electron chi connectivity index (χ2n) is 4.46. The van der Waals surface area contributed by atoms with Crippen molar-refractivity contribution in [2.45, 2.75) is 33.4 Å². The van der Waals surface area contributed by atoms with Crippen LogP contribution in [-0.2, 0) is 4.79 Å². The highest BCUT2D eigenvalue weighted by atomic mass is 19.4. The van der Waals surface area contributed by atoms with Crippen molar-refractivity contribution in [2.24, 2.45) is 11.3 Å². The Morgan fingerprint density at radius 3 is 1.93 bits per heavy atom. The lowest BCUT2D eigenvalue weighted by atomic mass is 9.84. The minimum absolute atomic E-state index is 0.556. The molecule has 1 atom stereocenters. The molecule has 0 saturated heterocycles. The fourth-order valence-corrected chi connectivity index (χ4v) is 0.914. The van der Waals surface area contributed by atoms with E-state index in [1.165, 1.54) is 20.8 Å². The van der Waals surface area contributed by atoms with Crippen LogP contribution in [0.15, 0.2) is 12.3 Å². The van der Waals surface area contributed by atoms with E-state index in [9.17, 15) is 18.0 Å². The van der Waals surface area contributed by atoms with Gasteiger partial charge in [0, 0.05) is 11.8 Å². The second-order valence-corrected chi connectivity index (χ2v) is 4.46. The molecule has 0 aromatic rings. The molecule has 1 N–H and O–H groups in total. The molecule has 0 aliphatic carbocycles. The molecule has 0 radical (unpaired) electrons. The molecule has 15 heavy (non-hydrogen) atoms. The number of allylic oxidation sites excluding steroid dienone is 1. The summed E-state index contributed by atoms with van der Waals surface area (Å²) in [5.41, 5.74) is -0.848. The zero-order valence-corrected chi connectivity index (χ0v) is 8.98. The van der Waals surface area contributed by atoms with Gasteiger partial charge in [-0.05, 0) is 0 Å². The highest BCUT2D eigenvalue weighted by Gasteiger charge is 2.44. The monoisotopic (exact) mass is 224 g/mol. The maximum atomic E-state index is 12.3. The lowest BCUT2D eigenvalue weighted by molar-refractivity contribution is -0.176. The average Bonchev–Trinajstić information content (AvgIpc) is 1.94. The van der Waals surface area contributed by atoms with E-state index in [0.717, 1.165) is 0 Å². The standard InChI is InChI=1S/C10H15F3O2/c1-6(14)7(10(11,12)13)5-8(15)9(2,3)4/h7,14H,1,5H2,2-4H3. The zero-order chi connectivity index (χ0) is 12.4. The third-order valence-corrected chi connectivity index (χ3v) is 2.02. The van der Waals surface area contributed by atoms with E-state index < -0.39 is 35.5 Å². The van der Waals surface area contributed by atoms with Gasteiger partial charge in [0.05, 0.1) is 5.76 Å². The molecule has 5 heteroatoms. The van der Waals surface area contributed by atoms with Gasteiger partial charge in [-0.15, -0.1) is 0 Å². The molecule has 0 saturated carbocycles. The lowest BCUT2D eigenvalue weighted by Gasteiger charge is -2.23. The number of ketones is 1. The van der Waals surface area contributed by atoms with Gasteiger partial charge in [-0.1, -0.05) is 27.4 Å². The van der Waals surface area contributed by atoms with Crippen molar-refractivity contribution in [3.63, 3.8) is 0 Å². The summed E-state index contributed by atoms with van der Waals surface area (Å²) in [5.74, 6) is -3.73. The highest BCUT2D eigenvalue weighted by Crippen LogP contribution is 2.35. The first-order valence-electron chi connectivity index (χ1n) is 4.44. The van der Waals surface area contributed by atoms with Crippen molar-refractivity contribution in [3.8, 4) is 0 Å². The number of aliphatic hydroxyl groups excluding tert-OH is 1. The summed E-state index contributed by atoms with van der Waals surface area (Å²) in [4.78, 5) is 11.4. The minimum atomic E-state index is -4.63. The van der Waals surface area contributed by atoms with Crippen LogP contribution in [0, 0.1) is 11.3 Å². The Hall–Kier alpha value is -1.00. The van der Waals surface area contributed by atoms with Gasteiger partial charge >= 0.3 is 6.18 Å². The van der Waals surface area contributed by atoms with Crippen LogP contribution in [0.2, 0.25) is 0 Å². The van der Waals surface area contributed by atoms with Gasteiger partial charge < -0.3 is 5.11 Å². The number of alkyl halides is 3. The Balaban J connectivity index is 4.74. The number of hydrogen-bond donors (Lipinski definition) is 1. The first-order valence-corrected chi connectivity index (χ1v) is 4.44. The largest absolute Gasteiger partial charge is 0.512 e. The topological polar surface area (TPSA) is 37.3 Å². The van der Waals surface area contributed by atoms with Gasteiger partial charge in [0.2, 0.25) is 0 Å². The van der Waals surface area contributed by atoms with Crippen LogP contribution >= 0.6 is 0 Å². The van der Waals surface area contributed by atoms with Crippen molar-refractivity contribution in [2.75, 3.05) is 0 Å². The van der Waals surface area contributed by atoms with Gasteiger partial charge in [-0.2, -0.15) is 13.2 Å². The Morgan fingerprint density at radius 2 is 1.73 bits per heavy atom. The summed E-state index contributed by atoms with van der Waals surface area (Å²) >= 11 is 0. The van der Waals surface area contributed by atoms with E-state index in [1.807, 2.05) is 0 Å². The molecule has 2 nitrogen and oxygen atoms in total. The molecule has 0 heterocycles. The number of carbonyl (C=O) groups excluding carboxylic acids is 1. The van der Waals surface area contributed by atoms with Crippen LogP contribution in [0.25, 0.3) is 0 Å². The third kappa shape index (κ3) is 4.36. The van der Waals surface area contributed by atoms with Crippen molar-refractivity contribution in [1.29, 1.82) is 0 Å². The van der Waals surface area contributed by atoms with E-state index in [1.54, 1.807) is 0 Å². The zero-order valence-electron chi connectivity index (χ0n) is 8.98. The van der Waals surface area contributed by atoms with Gasteiger partial charge in [-0.3, -0.25) is 4.79 Å². The Labute approximate surface area is 86.8 Å². The van der Waals surface area contributed by atoms with Crippen molar-refractivity contribution < 1.29 is 23.1 Å². The molecule has 0 aromatic carbocycles. The second kappa shape index (κ2) is 4.24. The maximum absolute atomic E-state index is 12.3. The van der Waals surface area contributed by atoms with Crippen LogP contribution in [0.3, 0.4) is 0 Å².